The number of hydrogen-bond donors (Lipinski definition) is 2. The quantitative estimate of drug-likeness (QED) is 0.302. The summed E-state index contributed by atoms with van der Waals surface area (Å²) in [6, 6.07) is 0. The van der Waals surface area contributed by atoms with E-state index in [1.54, 1.807) is 0 Å². The van der Waals surface area contributed by atoms with Gasteiger partial charge in [-0.3, -0.25) is 9.35 Å². The number of unbranched alkanes of at least 4 members (excludes halogenated alkanes) is 8. The molecule has 7 heteroatoms. The average Bonchev–Trinajstić information content (AvgIpc) is 2.36. The van der Waals surface area contributed by atoms with Gasteiger partial charge in [0.15, 0.2) is 11.0 Å². The molecule has 0 spiro atoms. The Morgan fingerprint density at radius 1 is 1.05 bits per heavy atom. The molecular weight excluding hydrogens is 318 g/mol. The fourth-order valence-corrected chi connectivity index (χ4v) is 2.88. The van der Waals surface area contributed by atoms with Gasteiger partial charge >= 0.3 is 37.7 Å². The van der Waals surface area contributed by atoms with Crippen molar-refractivity contribution in [2.75, 3.05) is 6.54 Å². The van der Waals surface area contributed by atoms with Gasteiger partial charge in [-0.1, -0.05) is 58.3 Å². The first-order valence-electron chi connectivity index (χ1n) is 7.62. The first-order chi connectivity index (χ1) is 9.43. The third kappa shape index (κ3) is 13.0. The molecule has 0 aromatic heterocycles. The minimum atomic E-state index is -4.35. The maximum absolute atomic E-state index is 11.6. The van der Waals surface area contributed by atoms with Gasteiger partial charge in [-0.05, 0) is 6.42 Å². The van der Waals surface area contributed by atoms with E-state index >= 15 is 0 Å². The zero-order valence-corrected chi connectivity index (χ0v) is 16.2. The number of carbonyl (C=O) groups excluding carboxylic acids is 1. The molecule has 0 aliphatic heterocycles. The number of nitrogens with two attached hydrogens (primary N) is 1. The van der Waals surface area contributed by atoms with Crippen LogP contribution in [0.25, 0.3) is 0 Å². The zero-order chi connectivity index (χ0) is 15.4. The van der Waals surface area contributed by atoms with Gasteiger partial charge in [-0.15, -0.1) is 0 Å². The molecular formula is C14H31CaNO4S. The Morgan fingerprint density at radius 2 is 1.48 bits per heavy atom. The molecule has 0 aromatic carbocycles. The van der Waals surface area contributed by atoms with Crippen molar-refractivity contribution in [1.82, 2.24) is 0 Å². The van der Waals surface area contributed by atoms with Crippen molar-refractivity contribution >= 4 is 53.6 Å². The van der Waals surface area contributed by atoms with E-state index in [0.29, 0.717) is 6.42 Å². The molecule has 124 valence electrons. The second-order valence-electron chi connectivity index (χ2n) is 5.28. The number of rotatable bonds is 13. The van der Waals surface area contributed by atoms with Crippen LogP contribution in [0.5, 0.6) is 0 Å². The predicted octanol–water partition coefficient (Wildman–Crippen LogP) is 2.54. The first-order valence-corrected chi connectivity index (χ1v) is 9.12. The standard InChI is InChI=1S/C14H29NO4S.Ca.2H/c1-2-3-4-5-6-7-8-9-10-11-13(16)14(12-15)20(17,18)19;;;/h14H,2-12,15H2,1H3,(H,17,18,19);;;/q;+2;2*-1. The summed E-state index contributed by atoms with van der Waals surface area (Å²) in [6.07, 6.45) is 10.3. The summed E-state index contributed by atoms with van der Waals surface area (Å²) in [5.74, 6) is -0.474. The molecule has 0 fully saturated rings. The summed E-state index contributed by atoms with van der Waals surface area (Å²) in [4.78, 5) is 11.6. The van der Waals surface area contributed by atoms with Crippen molar-refractivity contribution in [3.05, 3.63) is 0 Å². The van der Waals surface area contributed by atoms with Crippen molar-refractivity contribution in [3.63, 3.8) is 0 Å². The molecule has 0 saturated heterocycles. The van der Waals surface area contributed by atoms with Crippen LogP contribution in [0.3, 0.4) is 0 Å². The Balaban J connectivity index is -0.000000602. The van der Waals surface area contributed by atoms with E-state index in [2.05, 4.69) is 6.92 Å². The third-order valence-electron chi connectivity index (χ3n) is 3.46. The zero-order valence-electron chi connectivity index (χ0n) is 15.2. The maximum atomic E-state index is 11.6. The molecule has 0 aliphatic carbocycles. The van der Waals surface area contributed by atoms with Gasteiger partial charge in [0.1, 0.15) is 0 Å². The largest absolute Gasteiger partial charge is 2.00 e. The molecule has 21 heavy (non-hydrogen) atoms. The number of ketones is 1. The minimum Gasteiger partial charge on any atom is -1.00 e. The Kier molecular flexibility index (Phi) is 16.5. The van der Waals surface area contributed by atoms with E-state index in [9.17, 15) is 13.2 Å². The first kappa shape index (κ1) is 24.1. The summed E-state index contributed by atoms with van der Waals surface area (Å²) in [6.45, 7) is 1.84. The van der Waals surface area contributed by atoms with Gasteiger partial charge < -0.3 is 8.59 Å². The van der Waals surface area contributed by atoms with E-state index in [1.165, 1.54) is 32.1 Å². The molecule has 0 saturated carbocycles. The average molecular weight is 350 g/mol. The van der Waals surface area contributed by atoms with Crippen LogP contribution in [0.2, 0.25) is 0 Å². The molecule has 1 unspecified atom stereocenters. The fraction of sp³-hybridized carbons (Fsp3) is 0.929. The number of Topliss-reactive ketones (excluding diaryl/α,β-unsaturated/α-hetero) is 1. The van der Waals surface area contributed by atoms with E-state index in [4.69, 9.17) is 10.3 Å². The van der Waals surface area contributed by atoms with Crippen molar-refractivity contribution in [3.8, 4) is 0 Å². The molecule has 0 aromatic rings. The topological polar surface area (TPSA) is 97.5 Å². The molecule has 3 N–H and O–H groups in total. The summed E-state index contributed by atoms with van der Waals surface area (Å²) in [5.41, 5.74) is 5.21. The van der Waals surface area contributed by atoms with Crippen LogP contribution in [0.1, 0.15) is 74.0 Å². The summed E-state index contributed by atoms with van der Waals surface area (Å²) >= 11 is 0. The molecule has 1 atom stereocenters. The van der Waals surface area contributed by atoms with Crippen LogP contribution in [0.4, 0.5) is 0 Å². The van der Waals surface area contributed by atoms with Crippen LogP contribution in [0.15, 0.2) is 0 Å². The maximum Gasteiger partial charge on any atom is 2.00 e. The molecule has 0 radical (unpaired) electrons. The van der Waals surface area contributed by atoms with Gasteiger partial charge in [-0.2, -0.15) is 8.42 Å². The fourth-order valence-electron chi connectivity index (χ4n) is 2.19. The number of carbonyl (C=O) groups is 1. The molecule has 5 nitrogen and oxygen atoms in total. The predicted molar refractivity (Wildman–Crippen MR) is 89.2 cm³/mol. The Bertz CT molecular complexity index is 370. The van der Waals surface area contributed by atoms with Crippen LogP contribution >= 0.6 is 0 Å². The van der Waals surface area contributed by atoms with Crippen LogP contribution in [0, 0.1) is 0 Å². The van der Waals surface area contributed by atoms with Crippen molar-refractivity contribution in [1.29, 1.82) is 0 Å². The van der Waals surface area contributed by atoms with Gasteiger partial charge in [0.05, 0.1) is 0 Å². The molecule has 0 aliphatic rings. The second-order valence-corrected chi connectivity index (χ2v) is 6.88. The summed E-state index contributed by atoms with van der Waals surface area (Å²) in [5, 5.41) is -1.45. The molecule has 0 bridgehead atoms. The molecule has 0 heterocycles. The molecule has 0 amide bonds. The van der Waals surface area contributed by atoms with Crippen molar-refractivity contribution < 1.29 is 20.6 Å². The Morgan fingerprint density at radius 3 is 1.86 bits per heavy atom. The monoisotopic (exact) mass is 349 g/mol. The Hall–Kier alpha value is 0.800. The summed E-state index contributed by atoms with van der Waals surface area (Å²) < 4.78 is 30.7. The number of hydrogen-bond acceptors (Lipinski definition) is 4. The van der Waals surface area contributed by atoms with Gasteiger partial charge in [0.2, 0.25) is 0 Å². The second kappa shape index (κ2) is 14.4. The van der Waals surface area contributed by atoms with E-state index in [0.717, 1.165) is 19.3 Å². The van der Waals surface area contributed by atoms with Gasteiger partial charge in [0, 0.05) is 13.0 Å². The molecule has 0 rings (SSSR count). The van der Waals surface area contributed by atoms with Crippen LogP contribution in [-0.4, -0.2) is 68.3 Å². The van der Waals surface area contributed by atoms with Gasteiger partial charge in [-0.25, -0.2) is 0 Å². The van der Waals surface area contributed by atoms with E-state index < -0.39 is 21.2 Å². The van der Waals surface area contributed by atoms with Crippen LogP contribution in [-0.2, 0) is 14.9 Å². The third-order valence-corrected chi connectivity index (χ3v) is 4.63. The van der Waals surface area contributed by atoms with E-state index in [-0.39, 0.29) is 53.6 Å². The Labute approximate surface area is 162 Å². The normalized spacial score (nSPS) is 12.7. The smallest absolute Gasteiger partial charge is 1.00 e. The SMILES string of the molecule is CCCCCCCCCCCC(=O)C(CN)S(=O)(=O)O.[Ca+2].[H-].[H-]. The van der Waals surface area contributed by atoms with Crippen molar-refractivity contribution in [2.24, 2.45) is 5.73 Å². The minimum absolute atomic E-state index is 0. The van der Waals surface area contributed by atoms with Crippen molar-refractivity contribution in [2.45, 2.75) is 76.4 Å². The van der Waals surface area contributed by atoms with E-state index in [1.807, 2.05) is 0 Å². The van der Waals surface area contributed by atoms with Crippen LogP contribution < -0.4 is 5.73 Å². The van der Waals surface area contributed by atoms with Gasteiger partial charge in [0.25, 0.3) is 10.1 Å². The summed E-state index contributed by atoms with van der Waals surface area (Å²) in [7, 11) is -4.35.